The Labute approximate surface area is 117 Å². The molecule has 1 aromatic rings. The number of anilines is 1. The summed E-state index contributed by atoms with van der Waals surface area (Å²) in [6.07, 6.45) is 3.29. The van der Waals surface area contributed by atoms with Gasteiger partial charge in [-0.15, -0.1) is 0 Å². The van der Waals surface area contributed by atoms with Gasteiger partial charge in [0, 0.05) is 17.1 Å². The van der Waals surface area contributed by atoms with Crippen molar-refractivity contribution in [2.75, 3.05) is 5.32 Å². The minimum atomic E-state index is -0.494. The standard InChI is InChI=1S/C13H18ClN3O2/c1-2-3-4-5-12(18)16-17-13(19)15-11-8-6-10(14)7-9-11/h6-9H,2-5H2,1H3,(H,16,18)(H2,15,17,19). The van der Waals surface area contributed by atoms with Crippen LogP contribution >= 0.6 is 11.6 Å². The smallest absolute Gasteiger partial charge is 0.307 e. The summed E-state index contributed by atoms with van der Waals surface area (Å²) in [7, 11) is 0. The number of carbonyl (C=O) groups excluding carboxylic acids is 2. The molecule has 0 aromatic heterocycles. The first-order chi connectivity index (χ1) is 9.11. The lowest BCUT2D eigenvalue weighted by atomic mass is 10.2. The number of halogens is 1. The first kappa shape index (κ1) is 15.3. The van der Waals surface area contributed by atoms with Gasteiger partial charge < -0.3 is 5.32 Å². The maximum absolute atomic E-state index is 11.5. The molecule has 5 nitrogen and oxygen atoms in total. The van der Waals surface area contributed by atoms with Crippen molar-refractivity contribution in [3.8, 4) is 0 Å². The quantitative estimate of drug-likeness (QED) is 0.574. The first-order valence-electron chi connectivity index (χ1n) is 6.23. The predicted octanol–water partition coefficient (Wildman–Crippen LogP) is 3.07. The molecular weight excluding hydrogens is 266 g/mol. The molecule has 0 spiro atoms. The molecule has 0 aliphatic rings. The Morgan fingerprint density at radius 3 is 2.42 bits per heavy atom. The maximum Gasteiger partial charge on any atom is 0.337 e. The van der Waals surface area contributed by atoms with E-state index in [2.05, 4.69) is 23.1 Å². The van der Waals surface area contributed by atoms with Gasteiger partial charge in [0.1, 0.15) is 0 Å². The molecule has 0 saturated heterocycles. The van der Waals surface area contributed by atoms with Gasteiger partial charge in [-0.3, -0.25) is 10.2 Å². The summed E-state index contributed by atoms with van der Waals surface area (Å²) >= 11 is 5.73. The van der Waals surface area contributed by atoms with Crippen LogP contribution in [0.25, 0.3) is 0 Å². The van der Waals surface area contributed by atoms with E-state index in [0.717, 1.165) is 19.3 Å². The molecule has 3 N–H and O–H groups in total. The van der Waals surface area contributed by atoms with Crippen LogP contribution in [-0.2, 0) is 4.79 Å². The van der Waals surface area contributed by atoms with Crippen LogP contribution < -0.4 is 16.2 Å². The number of urea groups is 1. The number of nitrogens with one attached hydrogen (secondary N) is 3. The number of unbranched alkanes of at least 4 members (excludes halogenated alkanes) is 2. The summed E-state index contributed by atoms with van der Waals surface area (Å²) < 4.78 is 0. The van der Waals surface area contributed by atoms with Crippen molar-refractivity contribution < 1.29 is 9.59 Å². The normalized spacial score (nSPS) is 9.79. The van der Waals surface area contributed by atoms with E-state index in [1.54, 1.807) is 24.3 Å². The van der Waals surface area contributed by atoms with Crippen molar-refractivity contribution in [3.05, 3.63) is 29.3 Å². The maximum atomic E-state index is 11.5. The van der Waals surface area contributed by atoms with Crippen LogP contribution in [0.1, 0.15) is 32.6 Å². The average molecular weight is 284 g/mol. The molecule has 19 heavy (non-hydrogen) atoms. The van der Waals surface area contributed by atoms with Crippen LogP contribution in [-0.4, -0.2) is 11.9 Å². The fourth-order valence-corrected chi connectivity index (χ4v) is 1.55. The fraction of sp³-hybridized carbons (Fsp3) is 0.385. The van der Waals surface area contributed by atoms with E-state index in [1.807, 2.05) is 0 Å². The van der Waals surface area contributed by atoms with Gasteiger partial charge in [-0.2, -0.15) is 0 Å². The van der Waals surface area contributed by atoms with Crippen molar-refractivity contribution >= 4 is 29.2 Å². The zero-order chi connectivity index (χ0) is 14.1. The van der Waals surface area contributed by atoms with Crippen LogP contribution in [0, 0.1) is 0 Å². The van der Waals surface area contributed by atoms with Crippen LogP contribution in [0.3, 0.4) is 0 Å². The molecule has 0 aliphatic carbocycles. The van der Waals surface area contributed by atoms with Gasteiger partial charge in [-0.25, -0.2) is 10.2 Å². The molecule has 0 atom stereocenters. The summed E-state index contributed by atoms with van der Waals surface area (Å²) in [6, 6.07) is 6.18. The second-order valence-electron chi connectivity index (χ2n) is 4.09. The van der Waals surface area contributed by atoms with Gasteiger partial charge in [0.15, 0.2) is 0 Å². The number of rotatable bonds is 5. The molecule has 0 fully saturated rings. The molecule has 1 rings (SSSR count). The molecule has 0 heterocycles. The second-order valence-corrected chi connectivity index (χ2v) is 4.53. The Morgan fingerprint density at radius 1 is 1.11 bits per heavy atom. The highest BCUT2D eigenvalue weighted by Gasteiger charge is 2.04. The molecule has 0 unspecified atom stereocenters. The Balaban J connectivity index is 2.24. The summed E-state index contributed by atoms with van der Waals surface area (Å²) in [5.74, 6) is -0.195. The number of hydrogen-bond donors (Lipinski definition) is 3. The molecule has 0 saturated carbocycles. The molecule has 0 bridgehead atoms. The molecule has 6 heteroatoms. The summed E-state index contributed by atoms with van der Waals surface area (Å²) in [5, 5.41) is 3.16. The van der Waals surface area contributed by atoms with Crippen LogP contribution in [0.15, 0.2) is 24.3 Å². The van der Waals surface area contributed by atoms with Crippen molar-refractivity contribution in [2.45, 2.75) is 32.6 Å². The Bertz CT molecular complexity index is 420. The molecule has 1 aromatic carbocycles. The van der Waals surface area contributed by atoms with Crippen molar-refractivity contribution in [2.24, 2.45) is 0 Å². The first-order valence-corrected chi connectivity index (χ1v) is 6.61. The average Bonchev–Trinajstić information content (AvgIpc) is 2.39. The minimum Gasteiger partial charge on any atom is -0.307 e. The predicted molar refractivity (Wildman–Crippen MR) is 75.9 cm³/mol. The van der Waals surface area contributed by atoms with E-state index in [-0.39, 0.29) is 5.91 Å². The lowest BCUT2D eigenvalue weighted by molar-refractivity contribution is -0.121. The van der Waals surface area contributed by atoms with Crippen molar-refractivity contribution in [1.29, 1.82) is 0 Å². The molecule has 0 radical (unpaired) electrons. The Morgan fingerprint density at radius 2 is 1.79 bits per heavy atom. The Hall–Kier alpha value is -1.75. The lowest BCUT2D eigenvalue weighted by Crippen LogP contribution is -2.43. The highest BCUT2D eigenvalue weighted by atomic mass is 35.5. The highest BCUT2D eigenvalue weighted by Crippen LogP contribution is 2.12. The zero-order valence-corrected chi connectivity index (χ0v) is 11.6. The fourth-order valence-electron chi connectivity index (χ4n) is 1.42. The van der Waals surface area contributed by atoms with Gasteiger partial charge in [0.2, 0.25) is 5.91 Å². The third kappa shape index (κ3) is 6.67. The third-order valence-corrected chi connectivity index (χ3v) is 2.68. The van der Waals surface area contributed by atoms with Gasteiger partial charge >= 0.3 is 6.03 Å². The monoisotopic (exact) mass is 283 g/mol. The van der Waals surface area contributed by atoms with E-state index < -0.39 is 6.03 Å². The second kappa shape index (κ2) is 8.37. The molecule has 104 valence electrons. The van der Waals surface area contributed by atoms with Crippen LogP contribution in [0.4, 0.5) is 10.5 Å². The van der Waals surface area contributed by atoms with Crippen molar-refractivity contribution in [1.82, 2.24) is 10.9 Å². The SMILES string of the molecule is CCCCCC(=O)NNC(=O)Nc1ccc(Cl)cc1. The van der Waals surface area contributed by atoms with Gasteiger partial charge in [0.25, 0.3) is 0 Å². The van der Waals surface area contributed by atoms with Crippen LogP contribution in [0.5, 0.6) is 0 Å². The van der Waals surface area contributed by atoms with Crippen molar-refractivity contribution in [3.63, 3.8) is 0 Å². The number of benzene rings is 1. The van der Waals surface area contributed by atoms with E-state index in [1.165, 1.54) is 0 Å². The summed E-state index contributed by atoms with van der Waals surface area (Å²) in [4.78, 5) is 22.8. The third-order valence-electron chi connectivity index (χ3n) is 2.42. The number of hydrogen-bond acceptors (Lipinski definition) is 2. The lowest BCUT2D eigenvalue weighted by Gasteiger charge is -2.08. The highest BCUT2D eigenvalue weighted by molar-refractivity contribution is 6.30. The Kier molecular flexibility index (Phi) is 6.74. The van der Waals surface area contributed by atoms with E-state index >= 15 is 0 Å². The van der Waals surface area contributed by atoms with E-state index in [9.17, 15) is 9.59 Å². The van der Waals surface area contributed by atoms with Gasteiger partial charge in [-0.05, 0) is 30.7 Å². The number of hydrazine groups is 1. The molecular formula is C13H18ClN3O2. The van der Waals surface area contributed by atoms with E-state index in [0.29, 0.717) is 17.1 Å². The largest absolute Gasteiger partial charge is 0.337 e. The van der Waals surface area contributed by atoms with E-state index in [4.69, 9.17) is 11.6 Å². The molecule has 0 aliphatic heterocycles. The zero-order valence-electron chi connectivity index (χ0n) is 10.8. The van der Waals surface area contributed by atoms with Gasteiger partial charge in [0.05, 0.1) is 0 Å². The van der Waals surface area contributed by atoms with Gasteiger partial charge in [-0.1, -0.05) is 31.4 Å². The molecule has 3 amide bonds. The van der Waals surface area contributed by atoms with Crippen LogP contribution in [0.2, 0.25) is 5.02 Å². The summed E-state index contributed by atoms with van der Waals surface area (Å²) in [5.41, 5.74) is 5.23. The summed E-state index contributed by atoms with van der Waals surface area (Å²) in [6.45, 7) is 2.07. The number of amides is 3. The number of carbonyl (C=O) groups is 2. The minimum absolute atomic E-state index is 0.195. The topological polar surface area (TPSA) is 70.2 Å².